The molecule has 21 heavy (non-hydrogen) atoms. The van der Waals surface area contributed by atoms with Gasteiger partial charge < -0.3 is 5.73 Å². The number of nitrogens with two attached hydrogens (primary N) is 1. The van der Waals surface area contributed by atoms with E-state index in [1.54, 1.807) is 6.07 Å². The van der Waals surface area contributed by atoms with Crippen LogP contribution in [0.2, 0.25) is 0 Å². The molecule has 0 saturated carbocycles. The fraction of sp³-hybridized carbons (Fsp3) is 0.0769. The molecule has 0 aliphatic heterocycles. The number of sulfonamides is 1. The van der Waals surface area contributed by atoms with Crippen LogP contribution in [0.25, 0.3) is 0 Å². The van der Waals surface area contributed by atoms with Crippen LogP contribution < -0.4 is 10.5 Å². The molecule has 2 aromatic rings. The van der Waals surface area contributed by atoms with Crippen molar-refractivity contribution in [2.75, 3.05) is 5.73 Å². The predicted molar refractivity (Wildman–Crippen MR) is 78.9 cm³/mol. The van der Waals surface area contributed by atoms with Gasteiger partial charge in [0.1, 0.15) is 16.5 Å². The molecule has 0 amide bonds. The van der Waals surface area contributed by atoms with E-state index in [4.69, 9.17) is 5.73 Å². The molecule has 0 heterocycles. The van der Waals surface area contributed by atoms with Crippen LogP contribution in [0.1, 0.15) is 5.56 Å². The Morgan fingerprint density at radius 1 is 1.19 bits per heavy atom. The average molecular weight is 377 g/mol. The average Bonchev–Trinajstić information content (AvgIpc) is 2.41. The lowest BCUT2D eigenvalue weighted by atomic mass is 10.2. The largest absolute Gasteiger partial charge is 0.398 e. The molecular weight excluding hydrogens is 366 g/mol. The van der Waals surface area contributed by atoms with Crippen molar-refractivity contribution in [2.24, 2.45) is 0 Å². The number of nitrogen functional groups attached to an aromatic ring is 1. The summed E-state index contributed by atoms with van der Waals surface area (Å²) >= 11 is 3.01. The minimum atomic E-state index is -4.09. The molecule has 0 aliphatic rings. The maximum Gasteiger partial charge on any atom is 0.243 e. The Morgan fingerprint density at radius 2 is 1.90 bits per heavy atom. The first-order chi connectivity index (χ1) is 9.79. The summed E-state index contributed by atoms with van der Waals surface area (Å²) in [5, 5.41) is 0. The van der Waals surface area contributed by atoms with Crippen LogP contribution in [0, 0.1) is 11.6 Å². The fourth-order valence-electron chi connectivity index (χ4n) is 1.65. The van der Waals surface area contributed by atoms with Crippen LogP contribution in [-0.2, 0) is 16.6 Å². The van der Waals surface area contributed by atoms with Crippen molar-refractivity contribution in [3.63, 3.8) is 0 Å². The smallest absolute Gasteiger partial charge is 0.243 e. The zero-order chi connectivity index (χ0) is 15.6. The summed E-state index contributed by atoms with van der Waals surface area (Å²) < 4.78 is 53.4. The number of anilines is 1. The molecule has 4 nitrogen and oxygen atoms in total. The van der Waals surface area contributed by atoms with E-state index in [0.717, 1.165) is 12.1 Å². The van der Waals surface area contributed by atoms with Gasteiger partial charge in [-0.3, -0.25) is 0 Å². The minimum absolute atomic E-state index is 0.0996. The molecule has 3 N–H and O–H groups in total. The summed E-state index contributed by atoms with van der Waals surface area (Å²) in [4.78, 5) is -0.556. The van der Waals surface area contributed by atoms with Crippen LogP contribution in [0.15, 0.2) is 45.8 Å². The normalized spacial score (nSPS) is 11.6. The second-order valence-corrected chi connectivity index (χ2v) is 6.85. The van der Waals surface area contributed by atoms with E-state index in [1.165, 1.54) is 18.2 Å². The number of nitrogens with one attached hydrogen (secondary N) is 1. The van der Waals surface area contributed by atoms with Crippen molar-refractivity contribution >= 4 is 31.6 Å². The molecular formula is C13H11BrF2N2O2S. The van der Waals surface area contributed by atoms with E-state index in [2.05, 4.69) is 20.7 Å². The van der Waals surface area contributed by atoms with Gasteiger partial charge in [-0.1, -0.05) is 12.1 Å². The van der Waals surface area contributed by atoms with Gasteiger partial charge in [0.05, 0.1) is 0 Å². The number of halogens is 3. The molecule has 0 atom stereocenters. The molecule has 0 bridgehead atoms. The van der Waals surface area contributed by atoms with E-state index < -0.39 is 26.6 Å². The first kappa shape index (κ1) is 15.9. The SMILES string of the molecule is Nc1cc(S(=O)(=O)NCc2cccc(F)c2)c(F)cc1Br. The maximum absolute atomic E-state index is 13.8. The van der Waals surface area contributed by atoms with Crippen LogP contribution in [-0.4, -0.2) is 8.42 Å². The quantitative estimate of drug-likeness (QED) is 0.805. The summed E-state index contributed by atoms with van der Waals surface area (Å²) in [6, 6.07) is 7.44. The maximum atomic E-state index is 13.8. The molecule has 0 aliphatic carbocycles. The molecule has 0 unspecified atom stereocenters. The Morgan fingerprint density at radius 3 is 2.57 bits per heavy atom. The van der Waals surface area contributed by atoms with Gasteiger partial charge in [0.2, 0.25) is 10.0 Å². The van der Waals surface area contributed by atoms with Gasteiger partial charge in [0.25, 0.3) is 0 Å². The van der Waals surface area contributed by atoms with E-state index in [0.29, 0.717) is 5.56 Å². The molecule has 2 aromatic carbocycles. The highest BCUT2D eigenvalue weighted by Crippen LogP contribution is 2.26. The van der Waals surface area contributed by atoms with Crippen molar-refractivity contribution in [1.82, 2.24) is 4.72 Å². The first-order valence-electron chi connectivity index (χ1n) is 5.78. The number of benzene rings is 2. The molecule has 112 valence electrons. The van der Waals surface area contributed by atoms with E-state index in [9.17, 15) is 17.2 Å². The summed E-state index contributed by atoms with van der Waals surface area (Å²) in [7, 11) is -4.09. The Hall–Kier alpha value is -1.51. The molecule has 0 saturated heterocycles. The minimum Gasteiger partial charge on any atom is -0.398 e. The van der Waals surface area contributed by atoms with Crippen molar-refractivity contribution in [3.05, 3.63) is 58.1 Å². The summed E-state index contributed by atoms with van der Waals surface area (Å²) in [6.07, 6.45) is 0. The third kappa shape index (κ3) is 3.78. The molecule has 0 aromatic heterocycles. The van der Waals surface area contributed by atoms with Gasteiger partial charge in [-0.25, -0.2) is 21.9 Å². The molecule has 0 fully saturated rings. The second-order valence-electron chi connectivity index (χ2n) is 4.26. The van der Waals surface area contributed by atoms with E-state index in [-0.39, 0.29) is 16.7 Å². The lowest BCUT2D eigenvalue weighted by Gasteiger charge is -2.09. The summed E-state index contributed by atoms with van der Waals surface area (Å²) in [6.45, 7) is -0.157. The Balaban J connectivity index is 2.25. The first-order valence-corrected chi connectivity index (χ1v) is 8.06. The Bertz CT molecular complexity index is 782. The fourth-order valence-corrected chi connectivity index (χ4v) is 3.08. The van der Waals surface area contributed by atoms with Crippen molar-refractivity contribution in [3.8, 4) is 0 Å². The Labute approximate surface area is 129 Å². The molecule has 0 spiro atoms. The summed E-state index contributed by atoms with van der Waals surface area (Å²) in [5.74, 6) is -1.41. The van der Waals surface area contributed by atoms with Crippen LogP contribution in [0.4, 0.5) is 14.5 Å². The summed E-state index contributed by atoms with van der Waals surface area (Å²) in [5.41, 5.74) is 6.08. The second kappa shape index (κ2) is 6.08. The number of hydrogen-bond acceptors (Lipinski definition) is 3. The van der Waals surface area contributed by atoms with Crippen molar-refractivity contribution in [2.45, 2.75) is 11.4 Å². The topological polar surface area (TPSA) is 72.2 Å². The van der Waals surface area contributed by atoms with Crippen molar-refractivity contribution in [1.29, 1.82) is 0 Å². The third-order valence-electron chi connectivity index (χ3n) is 2.70. The van der Waals surface area contributed by atoms with E-state index in [1.807, 2.05) is 0 Å². The lowest BCUT2D eigenvalue weighted by Crippen LogP contribution is -2.24. The molecule has 2 rings (SSSR count). The standard InChI is InChI=1S/C13H11BrF2N2O2S/c14-10-5-11(16)13(6-12(10)17)21(19,20)18-7-8-2-1-3-9(15)4-8/h1-6,18H,7,17H2. The molecule has 8 heteroatoms. The highest BCUT2D eigenvalue weighted by molar-refractivity contribution is 9.10. The van der Waals surface area contributed by atoms with Crippen LogP contribution in [0.3, 0.4) is 0 Å². The number of hydrogen-bond donors (Lipinski definition) is 2. The molecule has 0 radical (unpaired) electrons. The third-order valence-corrected chi connectivity index (χ3v) is 4.80. The zero-order valence-corrected chi connectivity index (χ0v) is 13.0. The monoisotopic (exact) mass is 376 g/mol. The van der Waals surface area contributed by atoms with Gasteiger partial charge in [0.15, 0.2) is 0 Å². The van der Waals surface area contributed by atoms with Gasteiger partial charge in [0, 0.05) is 16.7 Å². The van der Waals surface area contributed by atoms with Crippen LogP contribution in [0.5, 0.6) is 0 Å². The highest BCUT2D eigenvalue weighted by atomic mass is 79.9. The zero-order valence-electron chi connectivity index (χ0n) is 10.6. The lowest BCUT2D eigenvalue weighted by molar-refractivity contribution is 0.556. The highest BCUT2D eigenvalue weighted by Gasteiger charge is 2.20. The Kier molecular flexibility index (Phi) is 4.60. The number of rotatable bonds is 4. The van der Waals surface area contributed by atoms with Gasteiger partial charge in [-0.2, -0.15) is 0 Å². The van der Waals surface area contributed by atoms with Gasteiger partial charge in [-0.15, -0.1) is 0 Å². The predicted octanol–water partition coefficient (Wildman–Crippen LogP) is 2.79. The van der Waals surface area contributed by atoms with Gasteiger partial charge in [-0.05, 0) is 45.8 Å². The van der Waals surface area contributed by atoms with Gasteiger partial charge >= 0.3 is 0 Å². The van der Waals surface area contributed by atoms with Crippen LogP contribution >= 0.6 is 15.9 Å². The van der Waals surface area contributed by atoms with Crippen molar-refractivity contribution < 1.29 is 17.2 Å². The van der Waals surface area contributed by atoms with E-state index >= 15 is 0 Å².